The molecule has 3 aromatic rings. The molecule has 0 spiro atoms. The van der Waals surface area contributed by atoms with Gasteiger partial charge in [-0.1, -0.05) is 18.2 Å². The van der Waals surface area contributed by atoms with E-state index in [0.717, 1.165) is 16.3 Å². The molecule has 0 aliphatic heterocycles. The van der Waals surface area contributed by atoms with E-state index in [-0.39, 0.29) is 11.3 Å². The molecule has 1 aromatic carbocycles. The Morgan fingerprint density at radius 2 is 2.00 bits per heavy atom. The Hall–Kier alpha value is -2.27. The third-order valence-corrected chi connectivity index (χ3v) is 2.86. The lowest BCUT2D eigenvalue weighted by Crippen LogP contribution is -1.98. The van der Waals surface area contributed by atoms with E-state index < -0.39 is 0 Å². The average molecular weight is 273 g/mol. The summed E-state index contributed by atoms with van der Waals surface area (Å²) >= 11 is 5.88. The smallest absolute Gasteiger partial charge is 0.321 e. The SMILES string of the molecule is COc1nc(Cl)nc(-c2cccc3cnccc23)n1. The third-order valence-electron chi connectivity index (χ3n) is 2.69. The van der Waals surface area contributed by atoms with E-state index in [9.17, 15) is 0 Å². The van der Waals surface area contributed by atoms with Gasteiger partial charge < -0.3 is 4.74 Å². The van der Waals surface area contributed by atoms with Gasteiger partial charge in [0, 0.05) is 23.3 Å². The Bertz CT molecular complexity index is 742. The summed E-state index contributed by atoms with van der Waals surface area (Å²) in [4.78, 5) is 16.3. The van der Waals surface area contributed by atoms with E-state index in [1.165, 1.54) is 7.11 Å². The van der Waals surface area contributed by atoms with Crippen LogP contribution in [0, 0.1) is 0 Å². The maximum atomic E-state index is 5.88. The largest absolute Gasteiger partial charge is 0.467 e. The van der Waals surface area contributed by atoms with Crippen molar-refractivity contribution in [3.05, 3.63) is 41.9 Å². The van der Waals surface area contributed by atoms with Crippen molar-refractivity contribution in [1.82, 2.24) is 19.9 Å². The van der Waals surface area contributed by atoms with Crippen molar-refractivity contribution in [2.45, 2.75) is 0 Å². The lowest BCUT2D eigenvalue weighted by Gasteiger charge is -2.06. The first kappa shape index (κ1) is 11.8. The normalized spacial score (nSPS) is 10.6. The summed E-state index contributed by atoms with van der Waals surface area (Å²) in [5.41, 5.74) is 0.863. The molecule has 6 heteroatoms. The number of fused-ring (bicyclic) bond motifs is 1. The summed E-state index contributed by atoms with van der Waals surface area (Å²) in [5.74, 6) is 0.480. The van der Waals surface area contributed by atoms with Crippen LogP contribution in [0.4, 0.5) is 0 Å². The van der Waals surface area contributed by atoms with E-state index in [4.69, 9.17) is 16.3 Å². The minimum atomic E-state index is 0.105. The van der Waals surface area contributed by atoms with Gasteiger partial charge in [-0.3, -0.25) is 4.98 Å². The monoisotopic (exact) mass is 272 g/mol. The van der Waals surface area contributed by atoms with Crippen LogP contribution < -0.4 is 4.74 Å². The number of hydrogen-bond acceptors (Lipinski definition) is 5. The lowest BCUT2D eigenvalue weighted by molar-refractivity contribution is 0.379. The van der Waals surface area contributed by atoms with E-state index in [0.29, 0.717) is 5.82 Å². The average Bonchev–Trinajstić information content (AvgIpc) is 2.46. The van der Waals surface area contributed by atoms with Gasteiger partial charge in [-0.2, -0.15) is 15.0 Å². The van der Waals surface area contributed by atoms with Gasteiger partial charge in [0.25, 0.3) is 0 Å². The van der Waals surface area contributed by atoms with Crippen LogP contribution in [0.1, 0.15) is 0 Å². The van der Waals surface area contributed by atoms with Crippen molar-refractivity contribution >= 4 is 22.4 Å². The topological polar surface area (TPSA) is 60.8 Å². The third kappa shape index (κ3) is 2.20. The molecule has 19 heavy (non-hydrogen) atoms. The Kier molecular flexibility index (Phi) is 2.97. The lowest BCUT2D eigenvalue weighted by atomic mass is 10.1. The van der Waals surface area contributed by atoms with E-state index in [1.807, 2.05) is 24.3 Å². The van der Waals surface area contributed by atoms with Gasteiger partial charge in [0.2, 0.25) is 5.28 Å². The van der Waals surface area contributed by atoms with Gasteiger partial charge in [0.15, 0.2) is 5.82 Å². The summed E-state index contributed by atoms with van der Waals surface area (Å²) in [6.45, 7) is 0. The molecule has 0 radical (unpaired) electrons. The van der Waals surface area contributed by atoms with E-state index in [1.54, 1.807) is 12.4 Å². The second-order valence-electron chi connectivity index (χ2n) is 3.82. The molecule has 94 valence electrons. The van der Waals surface area contributed by atoms with Crippen LogP contribution >= 0.6 is 11.6 Å². The maximum Gasteiger partial charge on any atom is 0.321 e. The van der Waals surface area contributed by atoms with Gasteiger partial charge in [-0.15, -0.1) is 0 Å². The first-order valence-corrected chi connectivity index (χ1v) is 5.94. The zero-order valence-corrected chi connectivity index (χ0v) is 10.8. The molecule has 0 unspecified atom stereocenters. The summed E-state index contributed by atoms with van der Waals surface area (Å²) in [7, 11) is 1.49. The van der Waals surface area contributed by atoms with Crippen LogP contribution in [0.3, 0.4) is 0 Å². The quantitative estimate of drug-likeness (QED) is 0.718. The molecular formula is C13H9ClN4O. The van der Waals surface area contributed by atoms with Crippen LogP contribution in [0.15, 0.2) is 36.7 Å². The first-order valence-electron chi connectivity index (χ1n) is 5.56. The van der Waals surface area contributed by atoms with Gasteiger partial charge in [-0.05, 0) is 23.1 Å². The second-order valence-corrected chi connectivity index (χ2v) is 4.16. The number of hydrogen-bond donors (Lipinski definition) is 0. The van der Waals surface area contributed by atoms with Crippen molar-refractivity contribution in [2.75, 3.05) is 7.11 Å². The molecule has 0 fully saturated rings. The van der Waals surface area contributed by atoms with Gasteiger partial charge in [0.05, 0.1) is 7.11 Å². The molecule has 0 bridgehead atoms. The highest BCUT2D eigenvalue weighted by Crippen LogP contribution is 2.26. The number of rotatable bonds is 2. The number of methoxy groups -OCH3 is 1. The predicted octanol–water partition coefficient (Wildman–Crippen LogP) is 2.75. The number of ether oxygens (including phenoxy) is 1. The van der Waals surface area contributed by atoms with Crippen molar-refractivity contribution in [2.24, 2.45) is 0 Å². The molecule has 0 N–H and O–H groups in total. The Balaban J connectivity index is 2.27. The van der Waals surface area contributed by atoms with Crippen LogP contribution in [0.5, 0.6) is 6.01 Å². The molecule has 2 heterocycles. The molecule has 0 saturated heterocycles. The zero-order chi connectivity index (χ0) is 13.2. The Labute approximate surface area is 114 Å². The summed E-state index contributed by atoms with van der Waals surface area (Å²) in [5, 5.41) is 2.12. The summed E-state index contributed by atoms with van der Waals surface area (Å²) in [6, 6.07) is 7.93. The fourth-order valence-corrected chi connectivity index (χ4v) is 2.01. The summed E-state index contributed by atoms with van der Waals surface area (Å²) < 4.78 is 5.01. The molecule has 0 amide bonds. The van der Waals surface area contributed by atoms with Crippen LogP contribution in [-0.2, 0) is 0 Å². The number of aromatic nitrogens is 4. The number of nitrogens with zero attached hydrogens (tertiary/aromatic N) is 4. The molecule has 2 aromatic heterocycles. The van der Waals surface area contributed by atoms with E-state index >= 15 is 0 Å². The molecule has 0 saturated carbocycles. The molecule has 0 atom stereocenters. The minimum absolute atomic E-state index is 0.105. The van der Waals surface area contributed by atoms with Crippen molar-refractivity contribution < 1.29 is 4.74 Å². The standard InChI is InChI=1S/C13H9ClN4O/c1-19-13-17-11(16-12(14)18-13)10-4-2-3-8-7-15-6-5-9(8)10/h2-7H,1H3. The Morgan fingerprint density at radius 3 is 2.84 bits per heavy atom. The highest BCUT2D eigenvalue weighted by molar-refractivity contribution is 6.28. The highest BCUT2D eigenvalue weighted by atomic mass is 35.5. The van der Waals surface area contributed by atoms with Crippen LogP contribution in [0.25, 0.3) is 22.2 Å². The van der Waals surface area contributed by atoms with Gasteiger partial charge >= 0.3 is 6.01 Å². The molecule has 0 aliphatic rings. The number of benzene rings is 1. The number of pyridine rings is 1. The molecule has 3 rings (SSSR count). The van der Waals surface area contributed by atoms with Crippen molar-refractivity contribution in [3.8, 4) is 17.4 Å². The number of halogens is 1. The van der Waals surface area contributed by atoms with Crippen molar-refractivity contribution in [3.63, 3.8) is 0 Å². The van der Waals surface area contributed by atoms with Gasteiger partial charge in [-0.25, -0.2) is 0 Å². The molecule has 0 aliphatic carbocycles. The fraction of sp³-hybridized carbons (Fsp3) is 0.0769. The Morgan fingerprint density at radius 1 is 1.11 bits per heavy atom. The van der Waals surface area contributed by atoms with Crippen LogP contribution in [-0.4, -0.2) is 27.0 Å². The van der Waals surface area contributed by atoms with Crippen LogP contribution in [0.2, 0.25) is 5.28 Å². The predicted molar refractivity (Wildman–Crippen MR) is 72.1 cm³/mol. The minimum Gasteiger partial charge on any atom is -0.467 e. The van der Waals surface area contributed by atoms with Gasteiger partial charge in [0.1, 0.15) is 0 Å². The van der Waals surface area contributed by atoms with Crippen molar-refractivity contribution in [1.29, 1.82) is 0 Å². The summed E-state index contributed by atoms with van der Waals surface area (Å²) in [6.07, 6.45) is 3.52. The fourth-order valence-electron chi connectivity index (χ4n) is 1.86. The zero-order valence-electron chi connectivity index (χ0n) is 10.0. The molecular weight excluding hydrogens is 264 g/mol. The second kappa shape index (κ2) is 4.78. The highest BCUT2D eigenvalue weighted by Gasteiger charge is 2.10. The molecule has 5 nitrogen and oxygen atoms in total. The van der Waals surface area contributed by atoms with E-state index in [2.05, 4.69) is 19.9 Å². The first-order chi connectivity index (χ1) is 9.28. The maximum absolute atomic E-state index is 5.88.